The van der Waals surface area contributed by atoms with E-state index in [1.54, 1.807) is 0 Å². The monoisotopic (exact) mass is 333 g/mol. The summed E-state index contributed by atoms with van der Waals surface area (Å²) in [6.07, 6.45) is 0. The Balaban J connectivity index is 3.14. The van der Waals surface area contributed by atoms with Crippen molar-refractivity contribution in [2.45, 2.75) is 13.0 Å². The number of aliphatic carboxylic acids is 1. The van der Waals surface area contributed by atoms with Crippen molar-refractivity contribution >= 4 is 27.8 Å². The van der Waals surface area contributed by atoms with Crippen LogP contribution in [0.25, 0.3) is 0 Å². The molecule has 0 fully saturated rings. The number of benzene rings is 1. The van der Waals surface area contributed by atoms with E-state index in [1.807, 2.05) is 0 Å². The maximum Gasteiger partial charge on any atom is 0.331 e. The highest BCUT2D eigenvalue weighted by molar-refractivity contribution is 9.09. The number of carboxylic acid groups (broad SMARTS) is 1. The molecule has 0 saturated carbocycles. The fraction of sp³-hybridized carbons (Fsp3) is 0.333. The van der Waals surface area contributed by atoms with Crippen molar-refractivity contribution in [2.75, 3.05) is 11.9 Å². The van der Waals surface area contributed by atoms with Crippen molar-refractivity contribution in [3.05, 3.63) is 29.6 Å². The van der Waals surface area contributed by atoms with Crippen LogP contribution < -0.4 is 10.1 Å². The fourth-order valence-electron chi connectivity index (χ4n) is 1.50. The number of carbonyl (C=O) groups excluding carboxylic acids is 1. The first-order valence-electron chi connectivity index (χ1n) is 5.43. The average Bonchev–Trinajstić information content (AvgIpc) is 2.34. The highest BCUT2D eigenvalue weighted by Gasteiger charge is 2.25. The smallest absolute Gasteiger partial charge is 0.331 e. The Bertz CT molecular complexity index is 481. The molecule has 0 saturated heterocycles. The standard InChI is InChI=1S/C12H13BrFNO4/c1-7(16)15-11(12(17)18)9-6-8(14)2-3-10(9)19-5-4-13/h2-3,6,11H,4-5H2,1H3,(H,15,16)(H,17,18). The number of carbonyl (C=O) groups is 2. The summed E-state index contributed by atoms with van der Waals surface area (Å²) in [4.78, 5) is 22.2. The number of amides is 1. The minimum atomic E-state index is -1.35. The van der Waals surface area contributed by atoms with Gasteiger partial charge in [-0.2, -0.15) is 0 Å². The molecule has 0 bridgehead atoms. The lowest BCUT2D eigenvalue weighted by molar-refractivity contribution is -0.141. The van der Waals surface area contributed by atoms with Crippen molar-refractivity contribution in [1.29, 1.82) is 0 Å². The number of nitrogens with one attached hydrogen (secondary N) is 1. The van der Waals surface area contributed by atoms with Crippen LogP contribution >= 0.6 is 15.9 Å². The third kappa shape index (κ3) is 4.51. The molecule has 1 rings (SSSR count). The summed E-state index contributed by atoms with van der Waals surface area (Å²) in [6.45, 7) is 1.49. The molecule has 19 heavy (non-hydrogen) atoms. The van der Waals surface area contributed by atoms with Crippen LogP contribution in [-0.2, 0) is 9.59 Å². The molecule has 1 aromatic rings. The SMILES string of the molecule is CC(=O)NC(C(=O)O)c1cc(F)ccc1OCCBr. The fourth-order valence-corrected chi connectivity index (χ4v) is 1.66. The van der Waals surface area contributed by atoms with Crippen molar-refractivity contribution in [2.24, 2.45) is 0 Å². The van der Waals surface area contributed by atoms with Gasteiger partial charge in [-0.25, -0.2) is 9.18 Å². The zero-order valence-electron chi connectivity index (χ0n) is 10.2. The summed E-state index contributed by atoms with van der Waals surface area (Å²) >= 11 is 3.17. The summed E-state index contributed by atoms with van der Waals surface area (Å²) in [6, 6.07) is 2.20. The van der Waals surface area contributed by atoms with Crippen LogP contribution in [0.3, 0.4) is 0 Å². The van der Waals surface area contributed by atoms with Crippen molar-refractivity contribution in [3.8, 4) is 5.75 Å². The molecule has 0 spiro atoms. The third-order valence-electron chi connectivity index (χ3n) is 2.21. The maximum atomic E-state index is 13.3. The van der Waals surface area contributed by atoms with Crippen LogP contribution in [0.15, 0.2) is 18.2 Å². The molecule has 5 nitrogen and oxygen atoms in total. The van der Waals surface area contributed by atoms with Gasteiger partial charge >= 0.3 is 5.97 Å². The number of hydrogen-bond acceptors (Lipinski definition) is 3. The van der Waals surface area contributed by atoms with Gasteiger partial charge in [0.15, 0.2) is 6.04 Å². The summed E-state index contributed by atoms with van der Waals surface area (Å²) in [7, 11) is 0. The summed E-state index contributed by atoms with van der Waals surface area (Å²) in [5, 5.41) is 11.9. The minimum absolute atomic E-state index is 0.0728. The first-order chi connectivity index (χ1) is 8.95. The van der Waals surface area contributed by atoms with E-state index >= 15 is 0 Å². The zero-order chi connectivity index (χ0) is 14.4. The molecule has 7 heteroatoms. The average molecular weight is 334 g/mol. The van der Waals surface area contributed by atoms with E-state index in [0.717, 1.165) is 6.07 Å². The molecule has 0 aliphatic heterocycles. The van der Waals surface area contributed by atoms with Crippen LogP contribution in [0.5, 0.6) is 5.75 Å². The van der Waals surface area contributed by atoms with Gasteiger partial charge in [-0.3, -0.25) is 4.79 Å². The molecule has 1 unspecified atom stereocenters. The predicted molar refractivity (Wildman–Crippen MR) is 69.9 cm³/mol. The number of rotatable bonds is 6. The van der Waals surface area contributed by atoms with E-state index in [-0.39, 0.29) is 11.3 Å². The molecule has 104 valence electrons. The summed E-state index contributed by atoms with van der Waals surface area (Å²) < 4.78 is 18.6. The van der Waals surface area contributed by atoms with E-state index in [2.05, 4.69) is 21.2 Å². The lowest BCUT2D eigenvalue weighted by Gasteiger charge is -2.17. The molecule has 1 amide bonds. The molecular formula is C12H13BrFNO4. The van der Waals surface area contributed by atoms with Gasteiger partial charge in [0.1, 0.15) is 11.6 Å². The predicted octanol–water partition coefficient (Wildman–Crippen LogP) is 1.86. The maximum absolute atomic E-state index is 13.3. The Morgan fingerprint density at radius 2 is 2.21 bits per heavy atom. The Morgan fingerprint density at radius 3 is 2.74 bits per heavy atom. The zero-order valence-corrected chi connectivity index (χ0v) is 11.7. The molecule has 0 heterocycles. The Kier molecular flexibility index (Phi) is 5.75. The molecule has 0 radical (unpaired) electrons. The molecular weight excluding hydrogens is 321 g/mol. The van der Waals surface area contributed by atoms with Crippen molar-refractivity contribution in [1.82, 2.24) is 5.32 Å². The molecule has 0 aliphatic rings. The van der Waals surface area contributed by atoms with E-state index in [1.165, 1.54) is 19.1 Å². The molecule has 0 aromatic heterocycles. The van der Waals surface area contributed by atoms with Crippen LogP contribution in [-0.4, -0.2) is 28.9 Å². The van der Waals surface area contributed by atoms with E-state index in [0.29, 0.717) is 11.9 Å². The van der Waals surface area contributed by atoms with E-state index in [4.69, 9.17) is 9.84 Å². The third-order valence-corrected chi connectivity index (χ3v) is 2.54. The van der Waals surface area contributed by atoms with Crippen molar-refractivity contribution in [3.63, 3.8) is 0 Å². The van der Waals surface area contributed by atoms with Crippen molar-refractivity contribution < 1.29 is 23.8 Å². The van der Waals surface area contributed by atoms with Gasteiger partial charge in [0, 0.05) is 17.8 Å². The van der Waals surface area contributed by atoms with Gasteiger partial charge < -0.3 is 15.2 Å². The normalized spacial score (nSPS) is 11.7. The number of alkyl halides is 1. The second-order valence-corrected chi connectivity index (χ2v) is 4.48. The van der Waals surface area contributed by atoms with Gasteiger partial charge in [0.2, 0.25) is 5.91 Å². The first-order valence-corrected chi connectivity index (χ1v) is 6.56. The largest absolute Gasteiger partial charge is 0.492 e. The highest BCUT2D eigenvalue weighted by Crippen LogP contribution is 2.26. The van der Waals surface area contributed by atoms with Gasteiger partial charge in [-0.15, -0.1) is 0 Å². The van der Waals surface area contributed by atoms with Gasteiger partial charge in [-0.05, 0) is 18.2 Å². The van der Waals surface area contributed by atoms with Crippen LogP contribution in [0.1, 0.15) is 18.5 Å². The van der Waals surface area contributed by atoms with Crippen LogP contribution in [0.2, 0.25) is 0 Å². The van der Waals surface area contributed by atoms with Gasteiger partial charge in [0.25, 0.3) is 0 Å². The number of halogens is 2. The number of carboxylic acids is 1. The summed E-state index contributed by atoms with van der Waals surface area (Å²) in [5.74, 6) is -2.19. The Morgan fingerprint density at radius 1 is 1.53 bits per heavy atom. The summed E-state index contributed by atoms with van der Waals surface area (Å²) in [5.41, 5.74) is 0.0728. The Hall–Kier alpha value is -1.63. The number of hydrogen-bond donors (Lipinski definition) is 2. The first kappa shape index (κ1) is 15.4. The lowest BCUT2D eigenvalue weighted by atomic mass is 10.1. The molecule has 0 aliphatic carbocycles. The van der Waals surface area contributed by atoms with Crippen LogP contribution in [0.4, 0.5) is 4.39 Å². The molecule has 1 atom stereocenters. The topological polar surface area (TPSA) is 75.6 Å². The highest BCUT2D eigenvalue weighted by atomic mass is 79.9. The number of ether oxygens (including phenoxy) is 1. The minimum Gasteiger partial charge on any atom is -0.492 e. The molecule has 2 N–H and O–H groups in total. The second kappa shape index (κ2) is 7.08. The second-order valence-electron chi connectivity index (χ2n) is 3.69. The van der Waals surface area contributed by atoms with Crippen LogP contribution in [0, 0.1) is 5.82 Å². The van der Waals surface area contributed by atoms with Gasteiger partial charge in [-0.1, -0.05) is 15.9 Å². The lowest BCUT2D eigenvalue weighted by Crippen LogP contribution is -2.32. The van der Waals surface area contributed by atoms with E-state index in [9.17, 15) is 14.0 Å². The quantitative estimate of drug-likeness (QED) is 0.779. The Labute approximate surface area is 117 Å². The molecule has 1 aromatic carbocycles. The van der Waals surface area contributed by atoms with Gasteiger partial charge in [0.05, 0.1) is 6.61 Å². The van der Waals surface area contributed by atoms with E-state index < -0.39 is 23.7 Å².